The van der Waals surface area contributed by atoms with E-state index < -0.39 is 5.54 Å². The van der Waals surface area contributed by atoms with Gasteiger partial charge in [0, 0.05) is 0 Å². The lowest BCUT2D eigenvalue weighted by Gasteiger charge is -2.34. The molecule has 0 spiro atoms. The molecule has 0 saturated carbocycles. The second-order valence-corrected chi connectivity index (χ2v) is 4.94. The van der Waals surface area contributed by atoms with Crippen molar-refractivity contribution in [2.24, 2.45) is 0 Å². The van der Waals surface area contributed by atoms with Gasteiger partial charge in [0.1, 0.15) is 11.4 Å². The number of rotatable bonds is 3. The van der Waals surface area contributed by atoms with Gasteiger partial charge in [-0.1, -0.05) is 6.07 Å². The van der Waals surface area contributed by atoms with Crippen LogP contribution in [0.25, 0.3) is 0 Å². The van der Waals surface area contributed by atoms with E-state index >= 15 is 0 Å². The third-order valence-electron chi connectivity index (χ3n) is 2.96. The van der Waals surface area contributed by atoms with Crippen molar-refractivity contribution in [3.63, 3.8) is 0 Å². The Morgan fingerprint density at radius 3 is 2.47 bits per heavy atom. The molecule has 5 heteroatoms. The number of carbonyl (C=O) groups is 1. The summed E-state index contributed by atoms with van der Waals surface area (Å²) in [4.78, 5) is 13.6. The molecule has 0 saturated heterocycles. The van der Waals surface area contributed by atoms with Gasteiger partial charge in [-0.3, -0.25) is 4.90 Å². The number of methoxy groups -OCH3 is 1. The van der Waals surface area contributed by atoms with E-state index in [0.29, 0.717) is 10.0 Å². The summed E-state index contributed by atoms with van der Waals surface area (Å²) < 4.78 is 18.3. The fourth-order valence-electron chi connectivity index (χ4n) is 1.56. The van der Waals surface area contributed by atoms with Gasteiger partial charge in [0.25, 0.3) is 0 Å². The van der Waals surface area contributed by atoms with Crippen molar-refractivity contribution >= 4 is 21.9 Å². The molecule has 0 N–H and O–H groups in total. The average Bonchev–Trinajstić information content (AvgIpc) is 2.30. The first-order valence-electron chi connectivity index (χ1n) is 5.05. The van der Waals surface area contributed by atoms with Crippen molar-refractivity contribution in [3.05, 3.63) is 34.1 Å². The highest BCUT2D eigenvalue weighted by atomic mass is 79.9. The fraction of sp³-hybridized carbons (Fsp3) is 0.417. The molecule has 0 bridgehead atoms. The number of benzene rings is 1. The second kappa shape index (κ2) is 5.14. The number of esters is 1. The fourth-order valence-corrected chi connectivity index (χ4v) is 1.94. The lowest BCUT2D eigenvalue weighted by molar-refractivity contribution is -0.153. The van der Waals surface area contributed by atoms with E-state index in [4.69, 9.17) is 4.74 Å². The summed E-state index contributed by atoms with van der Waals surface area (Å²) in [6.07, 6.45) is 0. The molecule has 1 unspecified atom stereocenters. The number of hydrogen-bond acceptors (Lipinski definition) is 3. The average molecular weight is 304 g/mol. The van der Waals surface area contributed by atoms with Crippen LogP contribution in [0.1, 0.15) is 12.5 Å². The van der Waals surface area contributed by atoms with Crippen molar-refractivity contribution in [1.29, 1.82) is 0 Å². The van der Waals surface area contributed by atoms with Crippen LogP contribution in [-0.4, -0.2) is 32.1 Å². The minimum Gasteiger partial charge on any atom is -0.467 e. The van der Waals surface area contributed by atoms with Crippen LogP contribution >= 0.6 is 15.9 Å². The molecular formula is C12H15BrFNO2. The van der Waals surface area contributed by atoms with Gasteiger partial charge in [-0.25, -0.2) is 9.18 Å². The summed E-state index contributed by atoms with van der Waals surface area (Å²) in [6.45, 7) is 1.73. The van der Waals surface area contributed by atoms with Crippen LogP contribution in [0.15, 0.2) is 22.7 Å². The van der Waals surface area contributed by atoms with E-state index in [1.54, 1.807) is 38.1 Å². The van der Waals surface area contributed by atoms with E-state index in [0.717, 1.165) is 0 Å². The lowest BCUT2D eigenvalue weighted by Crippen LogP contribution is -2.46. The van der Waals surface area contributed by atoms with Crippen LogP contribution in [0.3, 0.4) is 0 Å². The summed E-state index contributed by atoms with van der Waals surface area (Å²) in [6, 6.07) is 4.49. The van der Waals surface area contributed by atoms with Crippen LogP contribution in [0.5, 0.6) is 0 Å². The molecule has 1 aromatic carbocycles. The third kappa shape index (κ3) is 2.50. The zero-order chi connectivity index (χ0) is 13.2. The Morgan fingerprint density at radius 2 is 2.06 bits per heavy atom. The van der Waals surface area contributed by atoms with Crippen LogP contribution in [0, 0.1) is 5.82 Å². The Morgan fingerprint density at radius 1 is 1.47 bits per heavy atom. The molecule has 94 valence electrons. The van der Waals surface area contributed by atoms with Gasteiger partial charge in [0.05, 0.1) is 11.6 Å². The molecule has 0 radical (unpaired) electrons. The molecule has 1 rings (SSSR count). The maximum Gasteiger partial charge on any atom is 0.330 e. The largest absolute Gasteiger partial charge is 0.467 e. The van der Waals surface area contributed by atoms with Crippen molar-refractivity contribution in [3.8, 4) is 0 Å². The normalized spacial score (nSPS) is 14.5. The quantitative estimate of drug-likeness (QED) is 0.804. The molecule has 3 nitrogen and oxygen atoms in total. The lowest BCUT2D eigenvalue weighted by atomic mass is 9.91. The maximum atomic E-state index is 13.2. The minimum absolute atomic E-state index is 0.326. The summed E-state index contributed by atoms with van der Waals surface area (Å²) in [5.74, 6) is -0.749. The highest BCUT2D eigenvalue weighted by Gasteiger charge is 2.39. The number of hydrogen-bond donors (Lipinski definition) is 0. The first kappa shape index (κ1) is 14.1. The van der Waals surface area contributed by atoms with Gasteiger partial charge in [-0.15, -0.1) is 0 Å². The highest BCUT2D eigenvalue weighted by Crippen LogP contribution is 2.30. The van der Waals surface area contributed by atoms with E-state index in [1.807, 2.05) is 0 Å². The Labute approximate surface area is 109 Å². The summed E-state index contributed by atoms with van der Waals surface area (Å²) in [5, 5.41) is 0. The predicted octanol–water partition coefficient (Wildman–Crippen LogP) is 2.54. The summed E-state index contributed by atoms with van der Waals surface area (Å²) in [7, 11) is 4.88. The first-order valence-corrected chi connectivity index (χ1v) is 5.84. The minimum atomic E-state index is -0.940. The van der Waals surface area contributed by atoms with Crippen molar-refractivity contribution in [2.45, 2.75) is 12.5 Å². The van der Waals surface area contributed by atoms with Crippen molar-refractivity contribution in [1.82, 2.24) is 4.90 Å². The number of carbonyl (C=O) groups excluding carboxylic acids is 1. The van der Waals surface area contributed by atoms with Gasteiger partial charge in [-0.05, 0) is 54.6 Å². The number of halogens is 2. The number of likely N-dealkylation sites (N-methyl/N-ethyl adjacent to an activating group) is 1. The highest BCUT2D eigenvalue weighted by molar-refractivity contribution is 9.10. The molecule has 0 aliphatic rings. The van der Waals surface area contributed by atoms with E-state index in [1.165, 1.54) is 13.2 Å². The molecular weight excluding hydrogens is 289 g/mol. The Hall–Kier alpha value is -0.940. The molecule has 0 fully saturated rings. The monoisotopic (exact) mass is 303 g/mol. The molecule has 0 amide bonds. The second-order valence-electron chi connectivity index (χ2n) is 4.09. The van der Waals surface area contributed by atoms with Crippen molar-refractivity contribution < 1.29 is 13.9 Å². The summed E-state index contributed by atoms with van der Waals surface area (Å²) >= 11 is 3.11. The van der Waals surface area contributed by atoms with Crippen LogP contribution < -0.4 is 0 Å². The molecule has 1 atom stereocenters. The third-order valence-corrected chi connectivity index (χ3v) is 3.57. The SMILES string of the molecule is COC(=O)C(C)(c1ccc(F)c(Br)c1)N(C)C. The van der Waals surface area contributed by atoms with Crippen LogP contribution in [0.4, 0.5) is 4.39 Å². The Bertz CT molecular complexity index is 437. The smallest absolute Gasteiger partial charge is 0.330 e. The van der Waals surface area contributed by atoms with Gasteiger partial charge >= 0.3 is 5.97 Å². The number of ether oxygens (including phenoxy) is 1. The van der Waals surface area contributed by atoms with Crippen molar-refractivity contribution in [2.75, 3.05) is 21.2 Å². The van der Waals surface area contributed by atoms with Crippen LogP contribution in [0.2, 0.25) is 0 Å². The summed E-state index contributed by atoms with van der Waals surface area (Å²) in [5.41, 5.74) is -0.270. The van der Waals surface area contributed by atoms with Gasteiger partial charge in [0.15, 0.2) is 0 Å². The molecule has 0 aliphatic heterocycles. The maximum absolute atomic E-state index is 13.2. The molecule has 0 aromatic heterocycles. The molecule has 0 heterocycles. The van der Waals surface area contributed by atoms with E-state index in [2.05, 4.69) is 15.9 Å². The van der Waals surface area contributed by atoms with Gasteiger partial charge < -0.3 is 4.74 Å². The Kier molecular flexibility index (Phi) is 4.27. The Balaban J connectivity index is 3.32. The van der Waals surface area contributed by atoms with Gasteiger partial charge in [-0.2, -0.15) is 0 Å². The zero-order valence-corrected chi connectivity index (χ0v) is 11.8. The first-order chi connectivity index (χ1) is 7.83. The van der Waals surface area contributed by atoms with Gasteiger partial charge in [0.2, 0.25) is 0 Å². The van der Waals surface area contributed by atoms with E-state index in [-0.39, 0.29) is 11.8 Å². The predicted molar refractivity (Wildman–Crippen MR) is 67.2 cm³/mol. The topological polar surface area (TPSA) is 29.5 Å². The van der Waals surface area contributed by atoms with Crippen LogP contribution in [-0.2, 0) is 15.1 Å². The zero-order valence-electron chi connectivity index (χ0n) is 10.3. The molecule has 17 heavy (non-hydrogen) atoms. The number of nitrogens with zero attached hydrogens (tertiary/aromatic N) is 1. The van der Waals surface area contributed by atoms with E-state index in [9.17, 15) is 9.18 Å². The molecule has 0 aliphatic carbocycles. The molecule has 1 aromatic rings. The standard InChI is InChI=1S/C12H15BrFNO2/c1-12(15(2)3,11(16)17-4)8-5-6-10(14)9(13)7-8/h5-7H,1-4H3.